The Morgan fingerprint density at radius 1 is 0.816 bits per heavy atom. The number of rotatable bonds is 14. The lowest BCUT2D eigenvalue weighted by atomic mass is 10.0. The first-order chi connectivity index (χ1) is 18.2. The minimum Gasteiger partial charge on any atom is -0.384 e. The highest BCUT2D eigenvalue weighted by Gasteiger charge is 2.25. The number of sulfonamides is 1. The van der Waals surface area contributed by atoms with Gasteiger partial charge in [-0.25, -0.2) is 13.1 Å². The van der Waals surface area contributed by atoms with Gasteiger partial charge in [-0.2, -0.15) is 0 Å². The molecule has 2 amide bonds. The van der Waals surface area contributed by atoms with Crippen LogP contribution in [-0.2, 0) is 38.3 Å². The van der Waals surface area contributed by atoms with Crippen molar-refractivity contribution in [2.45, 2.75) is 37.6 Å². The van der Waals surface area contributed by atoms with Crippen LogP contribution in [0.15, 0.2) is 84.9 Å². The number of amidine groups is 1. The van der Waals surface area contributed by atoms with Gasteiger partial charge in [-0.15, -0.1) is 0 Å². The zero-order valence-electron chi connectivity index (χ0n) is 21.0. The molecule has 200 valence electrons. The molecule has 0 spiro atoms. The molecular weight excluding hydrogens is 502 g/mol. The van der Waals surface area contributed by atoms with Gasteiger partial charge in [0.05, 0.1) is 12.3 Å². The molecule has 0 saturated carbocycles. The Labute approximate surface area is 223 Å². The van der Waals surface area contributed by atoms with E-state index in [9.17, 15) is 18.0 Å². The van der Waals surface area contributed by atoms with E-state index in [-0.39, 0.29) is 31.1 Å². The number of hydrogen-bond donors (Lipinski definition) is 5. The van der Waals surface area contributed by atoms with Crippen LogP contribution < -0.4 is 21.1 Å². The van der Waals surface area contributed by atoms with Gasteiger partial charge < -0.3 is 16.4 Å². The molecule has 0 bridgehead atoms. The topological polar surface area (TPSA) is 154 Å². The van der Waals surface area contributed by atoms with Gasteiger partial charge in [-0.1, -0.05) is 84.9 Å². The average Bonchev–Trinajstić information content (AvgIpc) is 2.91. The monoisotopic (exact) mass is 535 g/mol. The third kappa shape index (κ3) is 9.79. The summed E-state index contributed by atoms with van der Waals surface area (Å²) >= 11 is 0. The smallest absolute Gasteiger partial charge is 0.239 e. The van der Waals surface area contributed by atoms with Gasteiger partial charge in [0, 0.05) is 12.1 Å². The average molecular weight is 536 g/mol. The van der Waals surface area contributed by atoms with Crippen LogP contribution in [0.4, 0.5) is 0 Å². The number of benzene rings is 3. The number of hydrogen-bond acceptors (Lipinski definition) is 5. The van der Waals surface area contributed by atoms with Crippen LogP contribution in [0, 0.1) is 5.41 Å². The van der Waals surface area contributed by atoms with Crippen LogP contribution in [0.2, 0.25) is 0 Å². The van der Waals surface area contributed by atoms with E-state index in [1.54, 1.807) is 54.6 Å². The Kier molecular flexibility index (Phi) is 10.6. The van der Waals surface area contributed by atoms with E-state index in [0.29, 0.717) is 24.0 Å². The van der Waals surface area contributed by atoms with Crippen molar-refractivity contribution in [1.29, 1.82) is 5.41 Å². The number of carbonyl (C=O) groups is 2. The summed E-state index contributed by atoms with van der Waals surface area (Å²) in [5.41, 5.74) is 8.54. The third-order valence-corrected chi connectivity index (χ3v) is 7.17. The number of aryl methyl sites for hydroxylation is 1. The molecule has 3 rings (SSSR count). The Morgan fingerprint density at radius 3 is 2.03 bits per heavy atom. The Balaban J connectivity index is 1.56. The minimum absolute atomic E-state index is 0.0407. The molecular formula is C28H33N5O4S. The van der Waals surface area contributed by atoms with E-state index in [1.807, 2.05) is 30.3 Å². The number of nitrogen functional groups attached to an aromatic ring is 1. The molecule has 10 heteroatoms. The molecule has 9 nitrogen and oxygen atoms in total. The Bertz CT molecular complexity index is 1310. The SMILES string of the molecule is N=C(N)c1ccc(CNC(=O)CNC(=O)[C@@H](CCCc2ccccc2)NS(=O)(=O)Cc2ccccc2)cc1. The standard InChI is InChI=1S/C28H33N5O4S/c29-27(30)24-16-14-22(15-17-24)18-31-26(34)19-32-28(35)25(13-7-12-21-8-3-1-4-9-21)33-38(36,37)20-23-10-5-2-6-11-23/h1-6,8-11,14-17,25,33H,7,12-13,18-20H2,(H3,29,30)(H,31,34)(H,32,35)/t25-/m1/s1. The fraction of sp³-hybridized carbons (Fsp3) is 0.250. The zero-order valence-corrected chi connectivity index (χ0v) is 21.8. The molecule has 0 radical (unpaired) electrons. The molecule has 0 heterocycles. The summed E-state index contributed by atoms with van der Waals surface area (Å²) in [6.45, 7) is -0.0585. The second kappa shape index (κ2) is 14.1. The van der Waals surface area contributed by atoms with Crippen LogP contribution in [0.1, 0.15) is 35.1 Å². The second-order valence-corrected chi connectivity index (χ2v) is 10.7. The normalized spacial score (nSPS) is 11.9. The first-order valence-electron chi connectivity index (χ1n) is 12.3. The lowest BCUT2D eigenvalue weighted by molar-refractivity contribution is -0.127. The van der Waals surface area contributed by atoms with Crippen molar-refractivity contribution in [3.05, 3.63) is 107 Å². The Hall–Kier alpha value is -4.02. The summed E-state index contributed by atoms with van der Waals surface area (Å²) in [5, 5.41) is 12.7. The number of nitrogens with one attached hydrogen (secondary N) is 4. The van der Waals surface area contributed by atoms with Crippen molar-refractivity contribution < 1.29 is 18.0 Å². The van der Waals surface area contributed by atoms with E-state index in [4.69, 9.17) is 11.1 Å². The van der Waals surface area contributed by atoms with E-state index in [0.717, 1.165) is 11.1 Å². The quantitative estimate of drug-likeness (QED) is 0.158. The van der Waals surface area contributed by atoms with E-state index in [2.05, 4.69) is 15.4 Å². The van der Waals surface area contributed by atoms with Crippen LogP contribution in [0.3, 0.4) is 0 Å². The van der Waals surface area contributed by atoms with Gasteiger partial charge in [0.2, 0.25) is 21.8 Å². The van der Waals surface area contributed by atoms with Crippen molar-refractivity contribution in [1.82, 2.24) is 15.4 Å². The molecule has 0 saturated heterocycles. The van der Waals surface area contributed by atoms with E-state index >= 15 is 0 Å². The summed E-state index contributed by atoms with van der Waals surface area (Å²) in [6, 6.07) is 24.3. The van der Waals surface area contributed by atoms with Crippen LogP contribution in [-0.4, -0.2) is 38.7 Å². The van der Waals surface area contributed by atoms with Crippen LogP contribution >= 0.6 is 0 Å². The summed E-state index contributed by atoms with van der Waals surface area (Å²) < 4.78 is 28.2. The molecule has 0 fully saturated rings. The predicted octanol–water partition coefficient (Wildman–Crippen LogP) is 2.21. The highest BCUT2D eigenvalue weighted by atomic mass is 32.2. The van der Waals surface area contributed by atoms with Gasteiger partial charge in [0.1, 0.15) is 11.9 Å². The summed E-state index contributed by atoms with van der Waals surface area (Å²) in [6.07, 6.45) is 1.55. The minimum atomic E-state index is -3.80. The van der Waals surface area contributed by atoms with Gasteiger partial charge in [-0.3, -0.25) is 15.0 Å². The molecule has 3 aromatic rings. The molecule has 0 aliphatic carbocycles. The summed E-state index contributed by atoms with van der Waals surface area (Å²) in [5.74, 6) is -1.26. The van der Waals surface area contributed by atoms with Crippen molar-refractivity contribution >= 4 is 27.7 Å². The van der Waals surface area contributed by atoms with Gasteiger partial charge in [-0.05, 0) is 36.0 Å². The van der Waals surface area contributed by atoms with E-state index < -0.39 is 27.9 Å². The van der Waals surface area contributed by atoms with Crippen molar-refractivity contribution in [2.24, 2.45) is 5.73 Å². The molecule has 1 atom stereocenters. The van der Waals surface area contributed by atoms with Crippen LogP contribution in [0.5, 0.6) is 0 Å². The van der Waals surface area contributed by atoms with Crippen LogP contribution in [0.25, 0.3) is 0 Å². The predicted molar refractivity (Wildman–Crippen MR) is 148 cm³/mol. The van der Waals surface area contributed by atoms with Crippen molar-refractivity contribution in [3.63, 3.8) is 0 Å². The van der Waals surface area contributed by atoms with Crippen molar-refractivity contribution in [2.75, 3.05) is 6.54 Å². The summed E-state index contributed by atoms with van der Waals surface area (Å²) in [4.78, 5) is 25.3. The second-order valence-electron chi connectivity index (χ2n) is 8.90. The largest absolute Gasteiger partial charge is 0.384 e. The fourth-order valence-electron chi connectivity index (χ4n) is 3.81. The van der Waals surface area contributed by atoms with Gasteiger partial charge in [0.25, 0.3) is 0 Å². The molecule has 38 heavy (non-hydrogen) atoms. The highest BCUT2D eigenvalue weighted by Crippen LogP contribution is 2.10. The molecule has 0 aromatic heterocycles. The molecule has 6 N–H and O–H groups in total. The summed E-state index contributed by atoms with van der Waals surface area (Å²) in [7, 11) is -3.80. The maximum atomic E-state index is 12.9. The molecule has 3 aromatic carbocycles. The number of carbonyl (C=O) groups excluding carboxylic acids is 2. The molecule has 0 aliphatic rings. The van der Waals surface area contributed by atoms with Crippen molar-refractivity contribution in [3.8, 4) is 0 Å². The highest BCUT2D eigenvalue weighted by molar-refractivity contribution is 7.88. The zero-order chi connectivity index (χ0) is 27.4. The maximum absolute atomic E-state index is 12.9. The molecule has 0 aliphatic heterocycles. The van der Waals surface area contributed by atoms with E-state index in [1.165, 1.54) is 0 Å². The molecule has 0 unspecified atom stereocenters. The maximum Gasteiger partial charge on any atom is 0.239 e. The lowest BCUT2D eigenvalue weighted by Gasteiger charge is -2.19. The number of amides is 2. The first kappa shape index (κ1) is 28.5. The van der Waals surface area contributed by atoms with Gasteiger partial charge in [0.15, 0.2) is 0 Å². The lowest BCUT2D eigenvalue weighted by Crippen LogP contribution is -2.49. The fourth-order valence-corrected chi connectivity index (χ4v) is 5.18. The third-order valence-electron chi connectivity index (χ3n) is 5.82. The first-order valence-corrected chi connectivity index (χ1v) is 13.9. The number of nitrogens with two attached hydrogens (primary N) is 1. The Morgan fingerprint density at radius 2 is 1.42 bits per heavy atom. The van der Waals surface area contributed by atoms with Gasteiger partial charge >= 0.3 is 0 Å².